The molecule has 2 aliphatic carbocycles. The lowest BCUT2D eigenvalue weighted by Crippen LogP contribution is -2.60. The topological polar surface area (TPSA) is 195 Å². The zero-order valence-electron chi connectivity index (χ0n) is 36.8. The molecule has 16 heteroatoms. The molecule has 1 saturated heterocycles. The lowest BCUT2D eigenvalue weighted by molar-refractivity contribution is -0.143. The van der Waals surface area contributed by atoms with E-state index in [0.717, 1.165) is 5.56 Å². The number of hydrogen-bond acceptors (Lipinski definition) is 11. The molecule has 0 bridgehead atoms. The van der Waals surface area contributed by atoms with Gasteiger partial charge in [-0.1, -0.05) is 63.2 Å². The van der Waals surface area contributed by atoms with Gasteiger partial charge in [-0.05, 0) is 69.7 Å². The van der Waals surface area contributed by atoms with Crippen LogP contribution in [-0.2, 0) is 35.6 Å². The minimum Gasteiger partial charge on any atom is -0.497 e. The third-order valence-electron chi connectivity index (χ3n) is 11.8. The molecule has 3 aliphatic rings. The summed E-state index contributed by atoms with van der Waals surface area (Å²) in [5.74, 6) is -1.70. The molecule has 4 aromatic rings. The molecular formula is C47H56N6O9S. The minimum atomic E-state index is -4.22. The summed E-state index contributed by atoms with van der Waals surface area (Å²) in [5.41, 5.74) is -0.714. The number of ether oxygens (including phenoxy) is 3. The van der Waals surface area contributed by atoms with E-state index >= 15 is 0 Å². The Bertz CT molecular complexity index is 2520. The van der Waals surface area contributed by atoms with Crippen LogP contribution in [0.25, 0.3) is 22.2 Å². The number of likely N-dealkylation sites (tertiary alicyclic amines) is 1. The normalized spacial score (nSPS) is 22.0. The molecule has 3 heterocycles. The van der Waals surface area contributed by atoms with Gasteiger partial charge >= 0.3 is 6.09 Å². The molecule has 7 rings (SSSR count). The Morgan fingerprint density at radius 2 is 1.70 bits per heavy atom. The van der Waals surface area contributed by atoms with E-state index in [2.05, 4.69) is 26.9 Å². The first-order valence-electron chi connectivity index (χ1n) is 21.1. The SMILES string of the molecule is C=C[C@@H]1C[C@]1(NC(=O)[C@@H]1C[C@@H](Oc2cc(-c3ccccc3)nc3cc(OC)ccc23)CN1C(=O)[C@@H](NC(=O)OC(C)(C)C)C(C)(C)C)C(=O)NS(=O)(=O)C1(Cc2ccccn2)CC1. The number of amides is 4. The van der Waals surface area contributed by atoms with Gasteiger partial charge in [0.1, 0.15) is 40.8 Å². The summed E-state index contributed by atoms with van der Waals surface area (Å²) in [7, 11) is -2.65. The number of aromatic nitrogens is 2. The first-order chi connectivity index (χ1) is 29.7. The Kier molecular flexibility index (Phi) is 12.1. The van der Waals surface area contributed by atoms with Crippen LogP contribution in [0.1, 0.15) is 72.9 Å². The molecule has 63 heavy (non-hydrogen) atoms. The van der Waals surface area contributed by atoms with Gasteiger partial charge in [0.2, 0.25) is 21.8 Å². The lowest BCUT2D eigenvalue weighted by atomic mass is 9.85. The zero-order chi connectivity index (χ0) is 45.5. The average molecular weight is 881 g/mol. The van der Waals surface area contributed by atoms with Crippen LogP contribution in [0.5, 0.6) is 11.5 Å². The number of pyridine rings is 2. The van der Waals surface area contributed by atoms with Gasteiger partial charge in [0.15, 0.2) is 0 Å². The summed E-state index contributed by atoms with van der Waals surface area (Å²) >= 11 is 0. The van der Waals surface area contributed by atoms with Crippen LogP contribution in [0.15, 0.2) is 91.6 Å². The maximum atomic E-state index is 14.8. The first kappa shape index (κ1) is 45.0. The molecule has 0 spiro atoms. The van der Waals surface area contributed by atoms with Crippen LogP contribution in [-0.4, -0.2) is 94.8 Å². The molecule has 5 atom stereocenters. The zero-order valence-corrected chi connectivity index (χ0v) is 37.6. The summed E-state index contributed by atoms with van der Waals surface area (Å²) in [6, 6.07) is 19.7. The molecule has 3 fully saturated rings. The van der Waals surface area contributed by atoms with Gasteiger partial charge in [-0.2, -0.15) is 0 Å². The van der Waals surface area contributed by atoms with Crippen molar-refractivity contribution in [2.75, 3.05) is 13.7 Å². The number of sulfonamides is 1. The molecule has 0 unspecified atom stereocenters. The fraction of sp³-hybridized carbons (Fsp3) is 0.447. The molecule has 3 N–H and O–H groups in total. The summed E-state index contributed by atoms with van der Waals surface area (Å²) < 4.78 is 46.6. The van der Waals surface area contributed by atoms with E-state index in [9.17, 15) is 27.6 Å². The summed E-state index contributed by atoms with van der Waals surface area (Å²) in [6.45, 7) is 14.3. The fourth-order valence-electron chi connectivity index (χ4n) is 8.12. The number of fused-ring (bicyclic) bond motifs is 1. The summed E-state index contributed by atoms with van der Waals surface area (Å²) in [6.07, 6.45) is 2.42. The van der Waals surface area contributed by atoms with Crippen LogP contribution < -0.4 is 24.8 Å². The standard InChI is InChI=1S/C47H56N6O9S/c1-9-30-26-47(30,42(56)52-63(58,59)46(20-21-46)27-31-17-13-14-22-48-31)51-40(54)37-24-33(28-53(37)41(55)39(44(2,3)4)50-43(57)62-45(5,6)7)61-38-25-35(29-15-11-10-12-16-29)49-36-23-32(60-8)18-19-34(36)38/h9-19,22-23,25,30,33,37,39H,1,20-21,24,26-28H2,2-8H3,(H,50,57)(H,51,54)(H,52,56)/t30-,33-,37+,39-,47-/m1/s1. The number of nitrogens with zero attached hydrogens (tertiary/aromatic N) is 3. The monoisotopic (exact) mass is 880 g/mol. The van der Waals surface area contributed by atoms with Gasteiger partial charge in [-0.3, -0.25) is 24.1 Å². The van der Waals surface area contributed by atoms with Gasteiger partial charge in [0.05, 0.1) is 29.6 Å². The van der Waals surface area contributed by atoms with Crippen LogP contribution in [0, 0.1) is 11.3 Å². The number of nitrogens with one attached hydrogen (secondary N) is 3. The molecule has 4 amide bonds. The molecule has 2 saturated carbocycles. The van der Waals surface area contributed by atoms with Crippen molar-refractivity contribution in [3.8, 4) is 22.8 Å². The Morgan fingerprint density at radius 3 is 2.30 bits per heavy atom. The fourth-order valence-corrected chi connectivity index (χ4v) is 9.74. The first-order valence-corrected chi connectivity index (χ1v) is 22.6. The third kappa shape index (κ3) is 9.65. The Hall–Kier alpha value is -6.03. The quantitative estimate of drug-likeness (QED) is 0.128. The smallest absolute Gasteiger partial charge is 0.408 e. The minimum absolute atomic E-state index is 0.0105. The maximum Gasteiger partial charge on any atom is 0.408 e. The maximum absolute atomic E-state index is 14.8. The predicted molar refractivity (Wildman–Crippen MR) is 237 cm³/mol. The van der Waals surface area contributed by atoms with Crippen LogP contribution in [0.3, 0.4) is 0 Å². The van der Waals surface area contributed by atoms with Gasteiger partial charge in [0, 0.05) is 53.7 Å². The van der Waals surface area contributed by atoms with Crippen LogP contribution in [0.4, 0.5) is 4.79 Å². The van der Waals surface area contributed by atoms with Crippen molar-refractivity contribution in [2.45, 2.75) is 108 Å². The number of carbonyl (C=O) groups excluding carboxylic acids is 4. The number of rotatable bonds is 14. The van der Waals surface area contributed by atoms with Crippen molar-refractivity contribution in [1.82, 2.24) is 30.2 Å². The molecule has 0 radical (unpaired) electrons. The number of carbonyl (C=O) groups is 4. The van der Waals surface area contributed by atoms with Crippen molar-refractivity contribution in [3.63, 3.8) is 0 Å². The van der Waals surface area contributed by atoms with Crippen molar-refractivity contribution in [2.24, 2.45) is 11.3 Å². The number of hydrogen-bond donors (Lipinski definition) is 3. The number of alkyl carbamates (subject to hydrolysis) is 1. The Labute approximate surface area is 368 Å². The lowest BCUT2D eigenvalue weighted by Gasteiger charge is -2.36. The highest BCUT2D eigenvalue weighted by atomic mass is 32.2. The molecule has 334 valence electrons. The van der Waals surface area contributed by atoms with E-state index in [0.29, 0.717) is 46.6 Å². The number of benzene rings is 2. The van der Waals surface area contributed by atoms with E-state index in [1.165, 1.54) is 11.0 Å². The second-order valence-electron chi connectivity index (χ2n) is 18.8. The van der Waals surface area contributed by atoms with E-state index in [-0.39, 0.29) is 25.8 Å². The van der Waals surface area contributed by atoms with E-state index in [1.54, 1.807) is 85.2 Å². The second kappa shape index (κ2) is 16.9. The molecular weight excluding hydrogens is 825 g/mol. The van der Waals surface area contributed by atoms with Crippen molar-refractivity contribution < 1.29 is 41.8 Å². The van der Waals surface area contributed by atoms with Gasteiger partial charge < -0.3 is 29.7 Å². The van der Waals surface area contributed by atoms with Crippen molar-refractivity contribution in [3.05, 3.63) is 97.3 Å². The van der Waals surface area contributed by atoms with Crippen molar-refractivity contribution >= 4 is 44.7 Å². The van der Waals surface area contributed by atoms with Gasteiger partial charge in [0.25, 0.3) is 5.91 Å². The third-order valence-corrected chi connectivity index (χ3v) is 14.0. The Morgan fingerprint density at radius 1 is 0.984 bits per heavy atom. The summed E-state index contributed by atoms with van der Waals surface area (Å²) in [4.78, 5) is 67.4. The molecule has 15 nitrogen and oxygen atoms in total. The highest BCUT2D eigenvalue weighted by Crippen LogP contribution is 2.48. The summed E-state index contributed by atoms with van der Waals surface area (Å²) in [5, 5.41) is 6.27. The molecule has 2 aromatic carbocycles. The van der Waals surface area contributed by atoms with E-state index in [1.807, 2.05) is 42.5 Å². The largest absolute Gasteiger partial charge is 0.497 e. The predicted octanol–water partition coefficient (Wildman–Crippen LogP) is 5.88. The van der Waals surface area contributed by atoms with Gasteiger partial charge in [-0.15, -0.1) is 6.58 Å². The van der Waals surface area contributed by atoms with Gasteiger partial charge in [-0.25, -0.2) is 18.2 Å². The molecule has 2 aromatic heterocycles. The highest BCUT2D eigenvalue weighted by Gasteiger charge is 2.64. The average Bonchev–Trinajstić information content (AvgIpc) is 4.13. The Balaban J connectivity index is 1.20. The molecule has 1 aliphatic heterocycles. The van der Waals surface area contributed by atoms with Crippen molar-refractivity contribution in [1.29, 1.82) is 0 Å². The van der Waals surface area contributed by atoms with E-state index < -0.39 is 79.2 Å². The second-order valence-corrected chi connectivity index (χ2v) is 20.9. The van der Waals surface area contributed by atoms with E-state index in [4.69, 9.17) is 19.2 Å². The number of methoxy groups -OCH3 is 1. The van der Waals surface area contributed by atoms with Crippen LogP contribution >= 0.6 is 0 Å². The highest BCUT2D eigenvalue weighted by molar-refractivity contribution is 7.91. The van der Waals surface area contributed by atoms with Crippen LogP contribution in [0.2, 0.25) is 0 Å².